The topological polar surface area (TPSA) is 77.1 Å². The van der Waals surface area contributed by atoms with Gasteiger partial charge in [-0.2, -0.15) is 0 Å². The van der Waals surface area contributed by atoms with E-state index in [4.69, 9.17) is 5.73 Å². The van der Waals surface area contributed by atoms with E-state index in [1.165, 1.54) is 29.9 Å². The first-order chi connectivity index (χ1) is 9.38. The van der Waals surface area contributed by atoms with Gasteiger partial charge in [-0.25, -0.2) is 8.78 Å². The van der Waals surface area contributed by atoms with Crippen molar-refractivity contribution in [1.29, 1.82) is 0 Å². The van der Waals surface area contributed by atoms with Crippen LogP contribution in [-0.4, -0.2) is 10.5 Å². The van der Waals surface area contributed by atoms with Crippen LogP contribution in [0.25, 0.3) is 0 Å². The molecule has 7 heteroatoms. The SMILES string of the molecule is Cn1cc(NC(=O)c2cc(F)cc(N)c2F)ccc1=O. The van der Waals surface area contributed by atoms with Crippen LogP contribution in [0.4, 0.5) is 20.2 Å². The summed E-state index contributed by atoms with van der Waals surface area (Å²) in [5.74, 6) is -2.66. The van der Waals surface area contributed by atoms with Gasteiger partial charge < -0.3 is 15.6 Å². The second kappa shape index (κ2) is 5.12. The number of carbonyl (C=O) groups excluding carboxylic acids is 1. The van der Waals surface area contributed by atoms with Crippen molar-refractivity contribution >= 4 is 17.3 Å². The molecular weight excluding hydrogens is 268 g/mol. The van der Waals surface area contributed by atoms with Crippen LogP contribution in [0.15, 0.2) is 35.3 Å². The Labute approximate surface area is 112 Å². The monoisotopic (exact) mass is 279 g/mol. The first-order valence-electron chi connectivity index (χ1n) is 5.61. The summed E-state index contributed by atoms with van der Waals surface area (Å²) in [5, 5.41) is 2.36. The number of pyridine rings is 1. The number of aromatic nitrogens is 1. The third-order valence-electron chi connectivity index (χ3n) is 2.65. The highest BCUT2D eigenvalue weighted by Gasteiger charge is 2.16. The lowest BCUT2D eigenvalue weighted by Gasteiger charge is -2.08. The Balaban J connectivity index is 2.33. The number of nitrogens with two attached hydrogens (primary N) is 1. The third kappa shape index (κ3) is 2.66. The molecule has 1 heterocycles. The number of halogens is 2. The van der Waals surface area contributed by atoms with E-state index in [1.807, 2.05) is 0 Å². The average Bonchev–Trinajstić information content (AvgIpc) is 2.38. The number of anilines is 2. The number of hydrogen-bond acceptors (Lipinski definition) is 3. The summed E-state index contributed by atoms with van der Waals surface area (Å²) in [4.78, 5) is 23.1. The van der Waals surface area contributed by atoms with Crippen LogP contribution in [0.5, 0.6) is 0 Å². The maximum absolute atomic E-state index is 13.7. The zero-order valence-corrected chi connectivity index (χ0v) is 10.5. The molecular formula is C13H11F2N3O2. The fourth-order valence-corrected chi connectivity index (χ4v) is 1.64. The van der Waals surface area contributed by atoms with E-state index in [0.29, 0.717) is 0 Å². The fourth-order valence-electron chi connectivity index (χ4n) is 1.64. The van der Waals surface area contributed by atoms with Gasteiger partial charge in [-0.05, 0) is 18.2 Å². The summed E-state index contributed by atoms with van der Waals surface area (Å²) in [6, 6.07) is 4.15. The largest absolute Gasteiger partial charge is 0.396 e. The van der Waals surface area contributed by atoms with E-state index in [2.05, 4.69) is 5.32 Å². The number of nitrogens with one attached hydrogen (secondary N) is 1. The summed E-state index contributed by atoms with van der Waals surface area (Å²) in [7, 11) is 1.50. The zero-order chi connectivity index (χ0) is 14.9. The number of carbonyl (C=O) groups is 1. The number of nitrogens with zero attached hydrogens (tertiary/aromatic N) is 1. The summed E-state index contributed by atoms with van der Waals surface area (Å²) < 4.78 is 28.1. The van der Waals surface area contributed by atoms with Crippen LogP contribution >= 0.6 is 0 Å². The fraction of sp³-hybridized carbons (Fsp3) is 0.0769. The molecule has 0 unspecified atom stereocenters. The molecule has 0 radical (unpaired) electrons. The molecule has 0 aliphatic heterocycles. The Morgan fingerprint density at radius 1 is 1.30 bits per heavy atom. The molecule has 0 saturated carbocycles. The Hall–Kier alpha value is -2.70. The summed E-state index contributed by atoms with van der Waals surface area (Å²) >= 11 is 0. The van der Waals surface area contributed by atoms with Crippen LogP contribution in [0.2, 0.25) is 0 Å². The highest BCUT2D eigenvalue weighted by atomic mass is 19.1. The lowest BCUT2D eigenvalue weighted by molar-refractivity contribution is 0.102. The van der Waals surface area contributed by atoms with Crippen molar-refractivity contribution in [3.63, 3.8) is 0 Å². The van der Waals surface area contributed by atoms with Crippen LogP contribution in [-0.2, 0) is 7.05 Å². The number of hydrogen-bond donors (Lipinski definition) is 2. The van der Waals surface area contributed by atoms with Crippen LogP contribution < -0.4 is 16.6 Å². The second-order valence-corrected chi connectivity index (χ2v) is 4.18. The number of rotatable bonds is 2. The smallest absolute Gasteiger partial charge is 0.258 e. The standard InChI is InChI=1S/C13H11F2N3O2/c1-18-6-8(2-3-11(18)19)17-13(20)9-4-7(14)5-10(16)12(9)15/h2-6H,16H2,1H3,(H,17,20). The first kappa shape index (κ1) is 13.7. The molecule has 1 amide bonds. The maximum atomic E-state index is 13.7. The molecule has 2 rings (SSSR count). The summed E-state index contributed by atoms with van der Waals surface area (Å²) in [6.45, 7) is 0. The molecule has 3 N–H and O–H groups in total. The van der Waals surface area contributed by atoms with Gasteiger partial charge in [0.1, 0.15) is 5.82 Å². The second-order valence-electron chi connectivity index (χ2n) is 4.18. The van der Waals surface area contributed by atoms with Gasteiger partial charge in [0.25, 0.3) is 5.91 Å². The lowest BCUT2D eigenvalue weighted by atomic mass is 10.1. The highest BCUT2D eigenvalue weighted by molar-refractivity contribution is 6.04. The summed E-state index contributed by atoms with van der Waals surface area (Å²) in [6.07, 6.45) is 1.36. The maximum Gasteiger partial charge on any atom is 0.258 e. The molecule has 2 aromatic rings. The molecule has 0 atom stereocenters. The predicted octanol–water partition coefficient (Wildman–Crippen LogP) is 1.50. The molecule has 20 heavy (non-hydrogen) atoms. The summed E-state index contributed by atoms with van der Waals surface area (Å²) in [5.41, 5.74) is 4.32. The Morgan fingerprint density at radius 3 is 2.65 bits per heavy atom. The highest BCUT2D eigenvalue weighted by Crippen LogP contribution is 2.18. The molecule has 1 aromatic heterocycles. The molecule has 0 aliphatic rings. The van der Waals surface area contributed by atoms with E-state index in [1.54, 1.807) is 0 Å². The van der Waals surface area contributed by atoms with Gasteiger partial charge in [0.05, 0.1) is 16.9 Å². The van der Waals surface area contributed by atoms with E-state index in [9.17, 15) is 18.4 Å². The molecule has 1 aromatic carbocycles. The zero-order valence-electron chi connectivity index (χ0n) is 10.5. The van der Waals surface area contributed by atoms with Crippen molar-refractivity contribution in [2.45, 2.75) is 0 Å². The van der Waals surface area contributed by atoms with Crippen LogP contribution in [0.1, 0.15) is 10.4 Å². The Bertz CT molecular complexity index is 741. The normalized spacial score (nSPS) is 10.3. The van der Waals surface area contributed by atoms with Crippen molar-refractivity contribution in [1.82, 2.24) is 4.57 Å². The quantitative estimate of drug-likeness (QED) is 0.818. The van der Waals surface area contributed by atoms with Gasteiger partial charge in [-0.15, -0.1) is 0 Å². The molecule has 0 fully saturated rings. The van der Waals surface area contributed by atoms with Crippen molar-refractivity contribution in [3.05, 3.63) is 58.0 Å². The number of nitrogen functional groups attached to an aromatic ring is 1. The van der Waals surface area contributed by atoms with Gasteiger partial charge in [-0.3, -0.25) is 9.59 Å². The van der Waals surface area contributed by atoms with Gasteiger partial charge in [-0.1, -0.05) is 0 Å². The predicted molar refractivity (Wildman–Crippen MR) is 70.4 cm³/mol. The minimum absolute atomic E-state index is 0.260. The van der Waals surface area contributed by atoms with Crippen molar-refractivity contribution in [2.75, 3.05) is 11.1 Å². The molecule has 0 spiro atoms. The van der Waals surface area contributed by atoms with Gasteiger partial charge >= 0.3 is 0 Å². The van der Waals surface area contributed by atoms with Gasteiger partial charge in [0, 0.05) is 19.3 Å². The lowest BCUT2D eigenvalue weighted by Crippen LogP contribution is -2.19. The van der Waals surface area contributed by atoms with E-state index >= 15 is 0 Å². The molecule has 104 valence electrons. The number of benzene rings is 1. The van der Waals surface area contributed by atoms with Crippen LogP contribution in [0.3, 0.4) is 0 Å². The van der Waals surface area contributed by atoms with E-state index in [0.717, 1.165) is 12.1 Å². The average molecular weight is 279 g/mol. The molecule has 0 bridgehead atoms. The van der Waals surface area contributed by atoms with E-state index in [-0.39, 0.29) is 11.2 Å². The molecule has 5 nitrogen and oxygen atoms in total. The van der Waals surface area contributed by atoms with Crippen molar-refractivity contribution < 1.29 is 13.6 Å². The Morgan fingerprint density at radius 2 is 2.00 bits per heavy atom. The van der Waals surface area contributed by atoms with Crippen molar-refractivity contribution in [3.8, 4) is 0 Å². The molecule has 0 saturated heterocycles. The molecule has 0 aliphatic carbocycles. The first-order valence-corrected chi connectivity index (χ1v) is 5.61. The van der Waals surface area contributed by atoms with Crippen molar-refractivity contribution in [2.24, 2.45) is 7.05 Å². The minimum Gasteiger partial charge on any atom is -0.396 e. The number of amides is 1. The van der Waals surface area contributed by atoms with E-state index < -0.39 is 28.8 Å². The third-order valence-corrected chi connectivity index (χ3v) is 2.65. The Kier molecular flexibility index (Phi) is 3.51. The van der Waals surface area contributed by atoms with Gasteiger partial charge in [0.15, 0.2) is 5.82 Å². The van der Waals surface area contributed by atoms with Gasteiger partial charge in [0.2, 0.25) is 5.56 Å². The van der Waals surface area contributed by atoms with Crippen LogP contribution in [0, 0.1) is 11.6 Å². The minimum atomic E-state index is -0.992. The number of aryl methyl sites for hydroxylation is 1.